The van der Waals surface area contributed by atoms with Crippen LogP contribution in [0.15, 0.2) is 0 Å². The van der Waals surface area contributed by atoms with E-state index in [2.05, 4.69) is 5.73 Å². The predicted octanol–water partition coefficient (Wildman–Crippen LogP) is -1.30. The second-order valence-corrected chi connectivity index (χ2v) is 0.714. The van der Waals surface area contributed by atoms with E-state index >= 15 is 0 Å². The van der Waals surface area contributed by atoms with Gasteiger partial charge in [0, 0.05) is 0 Å². The molecule has 0 aliphatic carbocycles. The zero-order valence-electron chi connectivity index (χ0n) is 4.14. The molecule has 0 bridgehead atoms. The van der Waals surface area contributed by atoms with Crippen molar-refractivity contribution in [3.05, 3.63) is 10.1 Å². The first-order chi connectivity index (χ1) is 4.00. The van der Waals surface area contributed by atoms with Crippen molar-refractivity contribution >= 4 is 6.03 Å². The Morgan fingerprint density at radius 3 is 1.89 bits per heavy atom. The Morgan fingerprint density at radius 1 is 1.78 bits per heavy atom. The number of carbonyl (C=O) groups excluding carboxylic acids is 1. The molecule has 0 aliphatic heterocycles. The van der Waals surface area contributed by atoms with Crippen LogP contribution in [0.3, 0.4) is 0 Å². The Kier molecular flexibility index (Phi) is 7.44. The van der Waals surface area contributed by atoms with E-state index in [1.165, 1.54) is 5.48 Å². The van der Waals surface area contributed by atoms with Crippen molar-refractivity contribution in [3.8, 4) is 0 Å². The molecule has 5 N–H and O–H groups in total. The molecule has 2 amide bonds. The highest BCUT2D eigenvalue weighted by Gasteiger charge is 1.75. The fraction of sp³-hybridized carbons (Fsp3) is 0. The first kappa shape index (κ1) is 10.4. The van der Waals surface area contributed by atoms with Gasteiger partial charge in [-0.2, -0.15) is 0 Å². The van der Waals surface area contributed by atoms with E-state index in [0.29, 0.717) is 0 Å². The van der Waals surface area contributed by atoms with Gasteiger partial charge < -0.3 is 10.9 Å². The molecule has 0 aromatic carbocycles. The monoisotopic (exact) mass is 139 g/mol. The molecule has 0 aromatic rings. The standard InChI is InChI=1S/CH4N2O2.HNO3/c2-1(4)3-5;2-1(3)4/h5H,(H3,2,3,4);(H,2,3,4). The largest absolute Gasteiger partial charge is 0.350 e. The number of hydroxylamine groups is 1. The first-order valence-electron chi connectivity index (χ1n) is 1.53. The fourth-order valence-corrected chi connectivity index (χ4v) is 0. The number of hydrogen-bond donors (Lipinski definition) is 4. The zero-order chi connectivity index (χ0) is 7.86. The van der Waals surface area contributed by atoms with Gasteiger partial charge in [0.15, 0.2) is 0 Å². The van der Waals surface area contributed by atoms with E-state index in [1.807, 2.05) is 0 Å². The van der Waals surface area contributed by atoms with E-state index in [9.17, 15) is 4.79 Å². The minimum Gasteiger partial charge on any atom is -0.350 e. The maximum Gasteiger partial charge on any atom is 0.335 e. The molecule has 0 atom stereocenters. The van der Waals surface area contributed by atoms with Crippen LogP contribution in [0.5, 0.6) is 0 Å². The third kappa shape index (κ3) is 682. The lowest BCUT2D eigenvalue weighted by Crippen LogP contribution is -2.25. The van der Waals surface area contributed by atoms with E-state index < -0.39 is 11.1 Å². The molecule has 0 saturated carbocycles. The van der Waals surface area contributed by atoms with E-state index in [4.69, 9.17) is 20.5 Å². The topological polar surface area (TPSA) is 139 Å². The maximum absolute atomic E-state index is 9.23. The van der Waals surface area contributed by atoms with Crippen LogP contribution in [0.1, 0.15) is 0 Å². The molecule has 0 rings (SSSR count). The van der Waals surface area contributed by atoms with Crippen LogP contribution in [0.2, 0.25) is 0 Å². The van der Waals surface area contributed by atoms with E-state index in [-0.39, 0.29) is 0 Å². The molecule has 8 nitrogen and oxygen atoms in total. The molecule has 0 radical (unpaired) electrons. The molecular formula is CH5N3O5. The Labute approximate surface area is 48.9 Å². The first-order valence-corrected chi connectivity index (χ1v) is 1.53. The van der Waals surface area contributed by atoms with Crippen LogP contribution in [0.25, 0.3) is 0 Å². The lowest BCUT2D eigenvalue weighted by molar-refractivity contribution is -0.742. The number of urea groups is 1. The van der Waals surface area contributed by atoms with Crippen LogP contribution < -0.4 is 11.2 Å². The minimum atomic E-state index is -1.50. The summed E-state index contributed by atoms with van der Waals surface area (Å²) in [5.74, 6) is 0. The molecular weight excluding hydrogens is 134 g/mol. The number of carbonyl (C=O) groups is 1. The van der Waals surface area contributed by atoms with Gasteiger partial charge in [-0.25, -0.2) is 10.3 Å². The summed E-state index contributed by atoms with van der Waals surface area (Å²) in [6, 6.07) is -0.940. The predicted molar refractivity (Wildman–Crippen MR) is 23.3 cm³/mol. The van der Waals surface area contributed by atoms with Gasteiger partial charge in [-0.05, 0) is 0 Å². The van der Waals surface area contributed by atoms with Crippen molar-refractivity contribution in [1.82, 2.24) is 5.48 Å². The van der Waals surface area contributed by atoms with Gasteiger partial charge in [0.05, 0.1) is 0 Å². The second kappa shape index (κ2) is 6.43. The molecule has 0 heterocycles. The summed E-state index contributed by atoms with van der Waals surface area (Å²) in [6.45, 7) is 0. The average molecular weight is 139 g/mol. The summed E-state index contributed by atoms with van der Waals surface area (Å²) < 4.78 is 0. The molecule has 0 unspecified atom stereocenters. The number of hydrogen-bond acceptors (Lipinski definition) is 4. The molecule has 0 fully saturated rings. The summed E-state index contributed by atoms with van der Waals surface area (Å²) in [4.78, 5) is 17.6. The number of primary amides is 1. The van der Waals surface area contributed by atoms with Crippen molar-refractivity contribution in [3.63, 3.8) is 0 Å². The van der Waals surface area contributed by atoms with Gasteiger partial charge in [-0.3, -0.25) is 5.21 Å². The molecule has 0 aromatic heterocycles. The summed E-state index contributed by atoms with van der Waals surface area (Å²) in [5.41, 5.74) is 5.46. The SMILES string of the molecule is NC(=O)NO.O=[N+]([O-])O. The van der Waals surface area contributed by atoms with Gasteiger partial charge in [0.1, 0.15) is 0 Å². The van der Waals surface area contributed by atoms with Crippen LogP contribution in [-0.4, -0.2) is 21.5 Å². The van der Waals surface area contributed by atoms with Gasteiger partial charge in [-0.1, -0.05) is 0 Å². The van der Waals surface area contributed by atoms with Crippen LogP contribution in [-0.2, 0) is 0 Å². The Hall–Kier alpha value is -1.57. The molecule has 54 valence electrons. The lowest BCUT2D eigenvalue weighted by atomic mass is 11.2. The number of amides is 2. The molecule has 0 saturated heterocycles. The van der Waals surface area contributed by atoms with Crippen molar-refractivity contribution in [2.75, 3.05) is 0 Å². The summed E-state index contributed by atoms with van der Waals surface area (Å²) in [5, 5.41) is 21.1. The Balaban J connectivity index is 0. The van der Waals surface area contributed by atoms with Crippen molar-refractivity contribution in [2.24, 2.45) is 5.73 Å². The van der Waals surface area contributed by atoms with Gasteiger partial charge in [0.2, 0.25) is 0 Å². The molecule has 8 heteroatoms. The third-order valence-electron chi connectivity index (χ3n) is 0.110. The zero-order valence-corrected chi connectivity index (χ0v) is 4.14. The number of nitrogens with zero attached hydrogens (tertiary/aromatic N) is 1. The average Bonchev–Trinajstić information content (AvgIpc) is 1.65. The quantitative estimate of drug-likeness (QED) is 0.187. The molecule has 0 aliphatic rings. The maximum atomic E-state index is 9.23. The minimum absolute atomic E-state index is 0.940. The number of rotatable bonds is 0. The molecule has 9 heavy (non-hydrogen) atoms. The Morgan fingerprint density at radius 2 is 1.89 bits per heavy atom. The number of nitrogens with two attached hydrogens (primary N) is 1. The van der Waals surface area contributed by atoms with Crippen LogP contribution >= 0.6 is 0 Å². The van der Waals surface area contributed by atoms with Crippen molar-refractivity contribution < 1.29 is 20.3 Å². The fourth-order valence-electron chi connectivity index (χ4n) is 0. The lowest BCUT2D eigenvalue weighted by Gasteiger charge is -1.79. The van der Waals surface area contributed by atoms with Gasteiger partial charge in [-0.15, -0.1) is 10.1 Å². The van der Waals surface area contributed by atoms with Gasteiger partial charge in [0.25, 0.3) is 5.09 Å². The normalized spacial score (nSPS) is 6.33. The van der Waals surface area contributed by atoms with Crippen LogP contribution in [0.4, 0.5) is 4.79 Å². The highest BCUT2D eigenvalue weighted by atomic mass is 16.9. The van der Waals surface area contributed by atoms with E-state index in [0.717, 1.165) is 0 Å². The van der Waals surface area contributed by atoms with E-state index in [1.54, 1.807) is 0 Å². The van der Waals surface area contributed by atoms with Crippen LogP contribution in [0, 0.1) is 10.1 Å². The van der Waals surface area contributed by atoms with Gasteiger partial charge >= 0.3 is 6.03 Å². The summed E-state index contributed by atoms with van der Waals surface area (Å²) >= 11 is 0. The highest BCUT2D eigenvalue weighted by Crippen LogP contribution is 1.38. The number of nitrogens with one attached hydrogen (secondary N) is 1. The second-order valence-electron chi connectivity index (χ2n) is 0.714. The summed E-state index contributed by atoms with van der Waals surface area (Å²) in [7, 11) is 0. The highest BCUT2D eigenvalue weighted by molar-refractivity contribution is 5.69. The third-order valence-corrected chi connectivity index (χ3v) is 0.110. The smallest absolute Gasteiger partial charge is 0.335 e. The summed E-state index contributed by atoms with van der Waals surface area (Å²) in [6.07, 6.45) is 0. The van der Waals surface area contributed by atoms with Crippen molar-refractivity contribution in [2.45, 2.75) is 0 Å². The Bertz CT molecular complexity index is 96.4. The molecule has 0 spiro atoms. The van der Waals surface area contributed by atoms with Crippen molar-refractivity contribution in [1.29, 1.82) is 0 Å².